The number of esters is 1. The molecule has 3 fully saturated rings. The van der Waals surface area contributed by atoms with Crippen LogP contribution in [0.2, 0.25) is 0 Å². The van der Waals surface area contributed by atoms with Crippen LogP contribution < -0.4 is 0 Å². The van der Waals surface area contributed by atoms with E-state index in [0.29, 0.717) is 17.9 Å². The fraction of sp³-hybridized carbons (Fsp3) is 0.750. The highest BCUT2D eigenvalue weighted by molar-refractivity contribution is 5.77. The summed E-state index contributed by atoms with van der Waals surface area (Å²) < 4.78 is 11.3. The van der Waals surface area contributed by atoms with Gasteiger partial charge in [-0.25, -0.2) is 0 Å². The van der Waals surface area contributed by atoms with E-state index in [2.05, 4.69) is 38.3 Å². The molecule has 0 radical (unpaired) electrons. The van der Waals surface area contributed by atoms with Crippen molar-refractivity contribution in [3.8, 4) is 0 Å². The number of carbonyl (C=O) groups excluding carboxylic acids is 1. The zero-order chi connectivity index (χ0) is 22.9. The van der Waals surface area contributed by atoms with Crippen LogP contribution in [0.15, 0.2) is 28.9 Å². The summed E-state index contributed by atoms with van der Waals surface area (Å²) in [5.41, 5.74) is 2.48. The second kappa shape index (κ2) is 9.37. The van der Waals surface area contributed by atoms with Crippen LogP contribution in [-0.4, -0.2) is 30.6 Å². The van der Waals surface area contributed by atoms with Gasteiger partial charge in [0.15, 0.2) is 0 Å². The Kier molecular flexibility index (Phi) is 6.91. The first kappa shape index (κ1) is 23.6. The minimum absolute atomic E-state index is 0.0209. The van der Waals surface area contributed by atoms with Crippen LogP contribution in [0.25, 0.3) is 0 Å². The summed E-state index contributed by atoms with van der Waals surface area (Å²) in [5, 5.41) is 0. The number of likely N-dealkylation sites (tertiary alicyclic amines) is 1. The quantitative estimate of drug-likeness (QED) is 0.371. The van der Waals surface area contributed by atoms with E-state index in [1.54, 1.807) is 7.11 Å². The largest absolute Gasteiger partial charge is 0.469 e. The van der Waals surface area contributed by atoms with E-state index < -0.39 is 0 Å². The third-order valence-corrected chi connectivity index (χ3v) is 9.50. The van der Waals surface area contributed by atoms with E-state index in [4.69, 9.17) is 9.15 Å². The molecule has 32 heavy (non-hydrogen) atoms. The van der Waals surface area contributed by atoms with Gasteiger partial charge in [0.1, 0.15) is 5.76 Å². The molecule has 4 rings (SSSR count). The molecule has 1 aliphatic heterocycles. The Bertz CT molecular complexity index is 828. The number of hydrogen-bond acceptors (Lipinski definition) is 4. The second-order valence-electron chi connectivity index (χ2n) is 11.3. The molecule has 0 bridgehead atoms. The standard InChI is InChI=1S/C28H43NO3/c1-20-10-13-25-27(3,15-8-16-28(25,4)26(30)31-5)23(20)12-11-22-14-18-32-24(22)19-29-17-7-6-9-21(29)2/h14,18,21,23,25H,1,6-13,15-17,19H2,2-5H3. The van der Waals surface area contributed by atoms with Crippen molar-refractivity contribution >= 4 is 5.97 Å². The van der Waals surface area contributed by atoms with E-state index >= 15 is 0 Å². The van der Waals surface area contributed by atoms with Crippen LogP contribution >= 0.6 is 0 Å². The van der Waals surface area contributed by atoms with Crippen molar-refractivity contribution in [1.29, 1.82) is 0 Å². The smallest absolute Gasteiger partial charge is 0.311 e. The van der Waals surface area contributed by atoms with Gasteiger partial charge in [-0.15, -0.1) is 0 Å². The highest BCUT2D eigenvalue weighted by atomic mass is 16.5. The predicted octanol–water partition coefficient (Wildman–Crippen LogP) is 6.54. The lowest BCUT2D eigenvalue weighted by Gasteiger charge is -2.57. The lowest BCUT2D eigenvalue weighted by molar-refractivity contribution is -0.168. The van der Waals surface area contributed by atoms with Crippen molar-refractivity contribution in [3.05, 3.63) is 35.8 Å². The Hall–Kier alpha value is -1.55. The average Bonchev–Trinajstić information content (AvgIpc) is 3.21. The number of carbonyl (C=O) groups is 1. The number of rotatable bonds is 6. The molecule has 0 aromatic carbocycles. The maximum absolute atomic E-state index is 12.8. The molecule has 178 valence electrons. The van der Waals surface area contributed by atoms with Gasteiger partial charge in [0.05, 0.1) is 25.3 Å². The zero-order valence-corrected chi connectivity index (χ0v) is 20.8. The summed E-state index contributed by atoms with van der Waals surface area (Å²) in [6.07, 6.45) is 13.2. The number of aryl methyl sites for hydroxylation is 1. The molecule has 2 aliphatic carbocycles. The van der Waals surface area contributed by atoms with Gasteiger partial charge < -0.3 is 9.15 Å². The lowest BCUT2D eigenvalue weighted by atomic mass is 9.46. The van der Waals surface area contributed by atoms with E-state index in [9.17, 15) is 4.79 Å². The van der Waals surface area contributed by atoms with Crippen LogP contribution in [0, 0.1) is 22.7 Å². The van der Waals surface area contributed by atoms with Crippen molar-refractivity contribution in [1.82, 2.24) is 4.90 Å². The van der Waals surface area contributed by atoms with Gasteiger partial charge in [-0.05, 0) is 101 Å². The number of piperidine rings is 1. The van der Waals surface area contributed by atoms with Crippen molar-refractivity contribution in [3.63, 3.8) is 0 Å². The summed E-state index contributed by atoms with van der Waals surface area (Å²) in [7, 11) is 1.54. The highest BCUT2D eigenvalue weighted by Crippen LogP contribution is 2.62. The molecule has 0 N–H and O–H groups in total. The summed E-state index contributed by atoms with van der Waals surface area (Å²) in [6, 6.07) is 2.81. The van der Waals surface area contributed by atoms with E-state index in [1.807, 2.05) is 6.26 Å². The SMILES string of the molecule is C=C1CCC2C(C)(C(=O)OC)CCCC2(C)C1CCc1ccoc1CN1CCCCC1C. The van der Waals surface area contributed by atoms with Crippen molar-refractivity contribution < 1.29 is 13.9 Å². The van der Waals surface area contributed by atoms with Crippen LogP contribution in [-0.2, 0) is 22.5 Å². The van der Waals surface area contributed by atoms with E-state index in [1.165, 1.54) is 43.4 Å². The van der Waals surface area contributed by atoms with Gasteiger partial charge in [-0.3, -0.25) is 9.69 Å². The summed E-state index contributed by atoms with van der Waals surface area (Å²) >= 11 is 0. The second-order valence-corrected chi connectivity index (χ2v) is 11.3. The van der Waals surface area contributed by atoms with Gasteiger partial charge >= 0.3 is 5.97 Å². The third kappa shape index (κ3) is 4.20. The zero-order valence-electron chi connectivity index (χ0n) is 20.8. The van der Waals surface area contributed by atoms with Crippen LogP contribution in [0.3, 0.4) is 0 Å². The van der Waals surface area contributed by atoms with E-state index in [0.717, 1.165) is 50.8 Å². The van der Waals surface area contributed by atoms with Crippen LogP contribution in [0.5, 0.6) is 0 Å². The number of hydrogen-bond donors (Lipinski definition) is 0. The normalized spacial score (nSPS) is 36.0. The molecule has 0 amide bonds. The first-order valence-corrected chi connectivity index (χ1v) is 12.8. The first-order chi connectivity index (χ1) is 15.3. The van der Waals surface area contributed by atoms with Gasteiger partial charge in [-0.2, -0.15) is 0 Å². The van der Waals surface area contributed by atoms with Gasteiger partial charge in [-0.1, -0.05) is 31.9 Å². The lowest BCUT2D eigenvalue weighted by Crippen LogP contribution is -2.53. The number of nitrogens with zero attached hydrogens (tertiary/aromatic N) is 1. The first-order valence-electron chi connectivity index (χ1n) is 12.8. The monoisotopic (exact) mass is 441 g/mol. The van der Waals surface area contributed by atoms with Crippen molar-refractivity contribution in [2.45, 2.75) is 97.6 Å². The molecule has 1 aromatic rings. The maximum atomic E-state index is 12.8. The number of ether oxygens (including phenoxy) is 1. The Labute approximate surface area is 194 Å². The molecule has 4 heteroatoms. The summed E-state index contributed by atoms with van der Waals surface area (Å²) in [6.45, 7) is 13.5. The highest BCUT2D eigenvalue weighted by Gasteiger charge is 2.57. The Morgan fingerprint density at radius 2 is 2.06 bits per heavy atom. The Morgan fingerprint density at radius 3 is 2.81 bits per heavy atom. The molecule has 3 aliphatic rings. The maximum Gasteiger partial charge on any atom is 0.311 e. The van der Waals surface area contributed by atoms with Crippen molar-refractivity contribution in [2.75, 3.05) is 13.7 Å². The molecule has 4 nitrogen and oxygen atoms in total. The molecule has 5 unspecified atom stereocenters. The number of allylic oxidation sites excluding steroid dienone is 1. The molecule has 5 atom stereocenters. The Morgan fingerprint density at radius 1 is 1.25 bits per heavy atom. The van der Waals surface area contributed by atoms with Gasteiger partial charge in [0.25, 0.3) is 0 Å². The molecule has 1 aromatic heterocycles. The van der Waals surface area contributed by atoms with Gasteiger partial charge in [0, 0.05) is 6.04 Å². The van der Waals surface area contributed by atoms with Crippen LogP contribution in [0.1, 0.15) is 89.9 Å². The van der Waals surface area contributed by atoms with Crippen LogP contribution in [0.4, 0.5) is 0 Å². The number of fused-ring (bicyclic) bond motifs is 1. The molecular formula is C28H43NO3. The topological polar surface area (TPSA) is 42.7 Å². The molecule has 2 saturated carbocycles. The Balaban J connectivity index is 1.49. The molecular weight excluding hydrogens is 398 g/mol. The minimum Gasteiger partial charge on any atom is -0.469 e. The summed E-state index contributed by atoms with van der Waals surface area (Å²) in [4.78, 5) is 15.4. The number of furan rings is 1. The third-order valence-electron chi connectivity index (χ3n) is 9.50. The molecule has 0 spiro atoms. The average molecular weight is 442 g/mol. The predicted molar refractivity (Wildman–Crippen MR) is 128 cm³/mol. The molecule has 2 heterocycles. The van der Waals surface area contributed by atoms with E-state index in [-0.39, 0.29) is 16.8 Å². The van der Waals surface area contributed by atoms with Gasteiger partial charge in [0.2, 0.25) is 0 Å². The summed E-state index contributed by atoms with van der Waals surface area (Å²) in [5.74, 6) is 1.93. The minimum atomic E-state index is -0.369. The van der Waals surface area contributed by atoms with Crippen molar-refractivity contribution in [2.24, 2.45) is 22.7 Å². The molecule has 1 saturated heterocycles. The fourth-order valence-electron chi connectivity index (χ4n) is 7.57. The fourth-order valence-corrected chi connectivity index (χ4v) is 7.57. The number of methoxy groups -OCH3 is 1.